The number of piperazine rings is 1. The van der Waals surface area contributed by atoms with Gasteiger partial charge in [0, 0.05) is 69.0 Å². The van der Waals surface area contributed by atoms with Gasteiger partial charge in [0.2, 0.25) is 0 Å². The average molecular weight is 530 g/mol. The van der Waals surface area contributed by atoms with Crippen LogP contribution in [0.3, 0.4) is 0 Å². The minimum Gasteiger partial charge on any atom is -0.368 e. The Hall–Kier alpha value is -4.24. The third-order valence-corrected chi connectivity index (χ3v) is 7.13. The van der Waals surface area contributed by atoms with Gasteiger partial charge in [-0.3, -0.25) is 14.4 Å². The van der Waals surface area contributed by atoms with E-state index in [0.717, 1.165) is 18.8 Å². The van der Waals surface area contributed by atoms with Crippen LogP contribution < -0.4 is 15.5 Å². The Morgan fingerprint density at radius 2 is 1.38 bits per heavy atom. The summed E-state index contributed by atoms with van der Waals surface area (Å²) in [7, 11) is 0. The van der Waals surface area contributed by atoms with Crippen LogP contribution in [0.5, 0.6) is 0 Å². The number of benzene rings is 3. The third-order valence-electron chi connectivity index (χ3n) is 7.13. The Kier molecular flexibility index (Phi) is 8.17. The molecule has 0 saturated carbocycles. The highest BCUT2D eigenvalue weighted by Gasteiger charge is 2.24. The number of rotatable bonds is 5. The monoisotopic (exact) mass is 529 g/mol. The number of amides is 3. The number of hydrogen-bond donors (Lipinski definition) is 2. The van der Waals surface area contributed by atoms with Crippen LogP contribution in [0.2, 0.25) is 0 Å². The van der Waals surface area contributed by atoms with Crippen molar-refractivity contribution >= 4 is 29.1 Å². The molecule has 2 N–H and O–H groups in total. The summed E-state index contributed by atoms with van der Waals surface area (Å²) in [6.45, 7) is 4.94. The number of halogens is 1. The van der Waals surface area contributed by atoms with Crippen molar-refractivity contribution in [2.75, 3.05) is 62.6 Å². The standard InChI is InChI=1S/C30H32FN5O3/c31-25-9-4-8-23(20-25)29(38)35-15-5-14-34(18-19-35)27-11-10-24(30(39)36-16-12-32-13-17-36)21-26(27)33-28(37)22-6-2-1-3-7-22/h1-4,6-11,20-21,32H,5,12-19H2,(H,33,37). The van der Waals surface area contributed by atoms with E-state index in [1.165, 1.54) is 18.2 Å². The minimum absolute atomic E-state index is 0.0685. The van der Waals surface area contributed by atoms with Gasteiger partial charge in [0.25, 0.3) is 17.7 Å². The Morgan fingerprint density at radius 1 is 0.692 bits per heavy atom. The van der Waals surface area contributed by atoms with E-state index in [-0.39, 0.29) is 17.7 Å². The fraction of sp³-hybridized carbons (Fsp3) is 0.300. The number of nitrogens with zero attached hydrogens (tertiary/aromatic N) is 3. The zero-order chi connectivity index (χ0) is 27.2. The normalized spacial score (nSPS) is 16.0. The van der Waals surface area contributed by atoms with Crippen molar-refractivity contribution in [2.24, 2.45) is 0 Å². The summed E-state index contributed by atoms with van der Waals surface area (Å²) in [5.74, 6) is -0.972. The van der Waals surface area contributed by atoms with Crippen LogP contribution in [0.25, 0.3) is 0 Å². The van der Waals surface area contributed by atoms with Gasteiger partial charge in [-0.15, -0.1) is 0 Å². The molecule has 0 atom stereocenters. The van der Waals surface area contributed by atoms with Crippen LogP contribution in [-0.2, 0) is 0 Å². The number of hydrogen-bond acceptors (Lipinski definition) is 5. The molecule has 2 heterocycles. The van der Waals surface area contributed by atoms with E-state index < -0.39 is 5.82 Å². The smallest absolute Gasteiger partial charge is 0.255 e. The molecule has 2 aliphatic rings. The van der Waals surface area contributed by atoms with E-state index in [1.54, 1.807) is 47.4 Å². The molecule has 2 fully saturated rings. The maximum Gasteiger partial charge on any atom is 0.255 e. The minimum atomic E-state index is -0.438. The lowest BCUT2D eigenvalue weighted by Gasteiger charge is -2.29. The first-order valence-electron chi connectivity index (χ1n) is 13.3. The molecule has 0 aliphatic carbocycles. The highest BCUT2D eigenvalue weighted by Crippen LogP contribution is 2.30. The van der Waals surface area contributed by atoms with Crippen molar-refractivity contribution < 1.29 is 18.8 Å². The van der Waals surface area contributed by atoms with Crippen molar-refractivity contribution in [3.63, 3.8) is 0 Å². The second-order valence-corrected chi connectivity index (χ2v) is 9.74. The molecular weight excluding hydrogens is 497 g/mol. The van der Waals surface area contributed by atoms with E-state index in [0.29, 0.717) is 68.1 Å². The van der Waals surface area contributed by atoms with E-state index in [9.17, 15) is 18.8 Å². The predicted molar refractivity (Wildman–Crippen MR) is 149 cm³/mol. The Balaban J connectivity index is 1.38. The van der Waals surface area contributed by atoms with Crippen LogP contribution in [0.1, 0.15) is 37.5 Å². The van der Waals surface area contributed by atoms with Crippen LogP contribution in [-0.4, -0.2) is 79.9 Å². The molecule has 3 aromatic carbocycles. The lowest BCUT2D eigenvalue weighted by Crippen LogP contribution is -2.46. The maximum atomic E-state index is 13.7. The van der Waals surface area contributed by atoms with Gasteiger partial charge in [0.05, 0.1) is 11.4 Å². The summed E-state index contributed by atoms with van der Waals surface area (Å²) in [5, 5.41) is 6.28. The van der Waals surface area contributed by atoms with Gasteiger partial charge in [0.15, 0.2) is 0 Å². The van der Waals surface area contributed by atoms with Gasteiger partial charge in [-0.1, -0.05) is 24.3 Å². The molecule has 0 bridgehead atoms. The van der Waals surface area contributed by atoms with Crippen LogP contribution >= 0.6 is 0 Å². The number of nitrogens with one attached hydrogen (secondary N) is 2. The largest absolute Gasteiger partial charge is 0.368 e. The molecule has 39 heavy (non-hydrogen) atoms. The van der Waals surface area contributed by atoms with E-state index in [4.69, 9.17) is 0 Å². The maximum absolute atomic E-state index is 13.7. The number of carbonyl (C=O) groups is 3. The van der Waals surface area contributed by atoms with Crippen molar-refractivity contribution in [1.29, 1.82) is 0 Å². The van der Waals surface area contributed by atoms with Gasteiger partial charge in [0.1, 0.15) is 5.82 Å². The average Bonchev–Trinajstić information content (AvgIpc) is 3.23. The highest BCUT2D eigenvalue weighted by molar-refractivity contribution is 6.07. The van der Waals surface area contributed by atoms with E-state index in [2.05, 4.69) is 15.5 Å². The topological polar surface area (TPSA) is 85.0 Å². The SMILES string of the molecule is O=C(Nc1cc(C(=O)N2CCNCC2)ccc1N1CCCN(C(=O)c2cccc(F)c2)CC1)c1ccccc1. The third kappa shape index (κ3) is 6.26. The van der Waals surface area contributed by atoms with Gasteiger partial charge < -0.3 is 25.3 Å². The Labute approximate surface area is 227 Å². The summed E-state index contributed by atoms with van der Waals surface area (Å²) < 4.78 is 13.7. The first-order valence-corrected chi connectivity index (χ1v) is 13.3. The fourth-order valence-corrected chi connectivity index (χ4v) is 5.04. The molecule has 0 spiro atoms. The van der Waals surface area contributed by atoms with Crippen molar-refractivity contribution in [2.45, 2.75) is 6.42 Å². The quantitative estimate of drug-likeness (QED) is 0.529. The fourth-order valence-electron chi connectivity index (χ4n) is 5.04. The molecule has 9 heteroatoms. The van der Waals surface area contributed by atoms with Crippen LogP contribution in [0.4, 0.5) is 15.8 Å². The predicted octanol–water partition coefficient (Wildman–Crippen LogP) is 3.48. The molecule has 0 unspecified atom stereocenters. The Bertz CT molecular complexity index is 1340. The van der Waals surface area contributed by atoms with Crippen molar-refractivity contribution in [3.8, 4) is 0 Å². The van der Waals surface area contributed by atoms with Gasteiger partial charge >= 0.3 is 0 Å². The van der Waals surface area contributed by atoms with Gasteiger partial charge in [-0.2, -0.15) is 0 Å². The molecule has 0 aromatic heterocycles. The molecular formula is C30H32FN5O3. The molecule has 2 saturated heterocycles. The first kappa shape index (κ1) is 26.4. The Morgan fingerprint density at radius 3 is 2.13 bits per heavy atom. The zero-order valence-corrected chi connectivity index (χ0v) is 21.7. The lowest BCUT2D eigenvalue weighted by atomic mass is 10.1. The van der Waals surface area contributed by atoms with Gasteiger partial charge in [-0.05, 0) is 55.0 Å². The van der Waals surface area contributed by atoms with Crippen molar-refractivity contribution in [1.82, 2.24) is 15.1 Å². The highest BCUT2D eigenvalue weighted by atomic mass is 19.1. The van der Waals surface area contributed by atoms with Crippen molar-refractivity contribution in [3.05, 3.63) is 95.3 Å². The second-order valence-electron chi connectivity index (χ2n) is 9.74. The van der Waals surface area contributed by atoms with E-state index in [1.807, 2.05) is 17.0 Å². The molecule has 8 nitrogen and oxygen atoms in total. The first-order chi connectivity index (χ1) is 19.0. The summed E-state index contributed by atoms with van der Waals surface area (Å²) in [6.07, 6.45) is 0.703. The van der Waals surface area contributed by atoms with Crippen LogP contribution in [0, 0.1) is 5.82 Å². The number of anilines is 2. The summed E-state index contributed by atoms with van der Waals surface area (Å²) in [5.41, 5.74) is 2.70. The summed E-state index contributed by atoms with van der Waals surface area (Å²) in [6, 6.07) is 20.1. The molecule has 3 amide bonds. The summed E-state index contributed by atoms with van der Waals surface area (Å²) >= 11 is 0. The lowest BCUT2D eigenvalue weighted by molar-refractivity contribution is 0.0734. The zero-order valence-electron chi connectivity index (χ0n) is 21.7. The second kappa shape index (κ2) is 12.1. The molecule has 0 radical (unpaired) electrons. The number of carbonyl (C=O) groups excluding carboxylic acids is 3. The molecule has 5 rings (SSSR count). The molecule has 202 valence electrons. The van der Waals surface area contributed by atoms with E-state index >= 15 is 0 Å². The summed E-state index contributed by atoms with van der Waals surface area (Å²) in [4.78, 5) is 45.0. The van der Waals surface area contributed by atoms with Gasteiger partial charge in [-0.25, -0.2) is 4.39 Å². The molecule has 3 aromatic rings. The molecule has 2 aliphatic heterocycles. The van der Waals surface area contributed by atoms with Crippen LogP contribution in [0.15, 0.2) is 72.8 Å².